The number of carbonyl (C=O) groups excluding carboxylic acids is 2. The Balaban J connectivity index is 1.81. The Kier molecular flexibility index (Phi) is 11.4. The fourth-order valence-electron chi connectivity index (χ4n) is 4.91. The highest BCUT2D eigenvalue weighted by molar-refractivity contribution is 7.92. The predicted molar refractivity (Wildman–Crippen MR) is 181 cm³/mol. The molecule has 4 aromatic rings. The topological polar surface area (TPSA) is 86.8 Å². The summed E-state index contributed by atoms with van der Waals surface area (Å²) in [4.78, 5) is 30.0. The molecule has 9 heteroatoms. The number of aryl methyl sites for hydroxylation is 2. The fraction of sp³-hybridized carbons (Fsp3) is 0.278. The Bertz CT molecular complexity index is 1700. The summed E-state index contributed by atoms with van der Waals surface area (Å²) in [5, 5.41) is 3.59. The minimum Gasteiger partial charge on any atom is -0.352 e. The van der Waals surface area contributed by atoms with Crippen molar-refractivity contribution in [2.45, 2.75) is 64.1 Å². The van der Waals surface area contributed by atoms with Gasteiger partial charge in [-0.3, -0.25) is 13.9 Å². The maximum atomic E-state index is 14.5. The van der Waals surface area contributed by atoms with Crippen molar-refractivity contribution in [1.82, 2.24) is 10.2 Å². The van der Waals surface area contributed by atoms with Gasteiger partial charge in [0.25, 0.3) is 10.0 Å². The second kappa shape index (κ2) is 15.2. The molecule has 0 radical (unpaired) electrons. The minimum atomic E-state index is -4.15. The van der Waals surface area contributed by atoms with Crippen LogP contribution >= 0.6 is 11.6 Å². The van der Waals surface area contributed by atoms with Crippen LogP contribution in [0.25, 0.3) is 0 Å². The first-order valence-electron chi connectivity index (χ1n) is 15.0. The Hall–Kier alpha value is -4.14. The lowest BCUT2D eigenvalue weighted by Gasteiger charge is -2.34. The average molecular weight is 646 g/mol. The van der Waals surface area contributed by atoms with Crippen LogP contribution in [0, 0.1) is 13.8 Å². The summed E-state index contributed by atoms with van der Waals surface area (Å²) in [6.45, 7) is 7.30. The molecule has 0 unspecified atom stereocenters. The summed E-state index contributed by atoms with van der Waals surface area (Å²) in [5.74, 6) is -0.818. The predicted octanol–water partition coefficient (Wildman–Crippen LogP) is 6.71. The molecule has 0 bridgehead atoms. The van der Waals surface area contributed by atoms with Crippen molar-refractivity contribution in [3.8, 4) is 0 Å². The van der Waals surface area contributed by atoms with E-state index >= 15 is 0 Å². The molecule has 0 aliphatic heterocycles. The van der Waals surface area contributed by atoms with E-state index in [9.17, 15) is 18.0 Å². The number of benzene rings is 4. The molecule has 2 atom stereocenters. The first-order valence-corrected chi connectivity index (χ1v) is 16.8. The molecular formula is C36H40ClN3O4S. The SMILES string of the molecule is CC[C@H](C)NC(=O)[C@@H](Cc1ccccc1)N(Cc1ccc(Cl)cc1)C(=O)CN(c1ccc(C)c(C)c1)S(=O)(=O)c1ccccc1. The molecule has 0 aromatic heterocycles. The molecule has 1 N–H and O–H groups in total. The zero-order valence-corrected chi connectivity index (χ0v) is 27.7. The number of sulfonamides is 1. The average Bonchev–Trinajstić information content (AvgIpc) is 3.04. The van der Waals surface area contributed by atoms with E-state index in [0.717, 1.165) is 26.6 Å². The first kappa shape index (κ1) is 33.7. The second-order valence-electron chi connectivity index (χ2n) is 11.3. The molecule has 0 aliphatic rings. The van der Waals surface area contributed by atoms with Crippen molar-refractivity contribution in [3.05, 3.63) is 130 Å². The number of hydrogen-bond donors (Lipinski definition) is 1. The number of nitrogens with zero attached hydrogens (tertiary/aromatic N) is 2. The molecule has 4 aromatic carbocycles. The number of amides is 2. The van der Waals surface area contributed by atoms with E-state index in [1.165, 1.54) is 17.0 Å². The number of anilines is 1. The van der Waals surface area contributed by atoms with Gasteiger partial charge in [0.1, 0.15) is 12.6 Å². The van der Waals surface area contributed by atoms with Crippen molar-refractivity contribution in [2.24, 2.45) is 0 Å². The summed E-state index contributed by atoms with van der Waals surface area (Å²) in [5.41, 5.74) is 3.88. The highest BCUT2D eigenvalue weighted by Crippen LogP contribution is 2.27. The lowest BCUT2D eigenvalue weighted by Crippen LogP contribution is -2.54. The number of hydrogen-bond acceptors (Lipinski definition) is 4. The Labute approximate surface area is 271 Å². The van der Waals surface area contributed by atoms with Crippen molar-refractivity contribution in [1.29, 1.82) is 0 Å². The van der Waals surface area contributed by atoms with E-state index in [0.29, 0.717) is 17.1 Å². The van der Waals surface area contributed by atoms with Gasteiger partial charge in [-0.1, -0.05) is 85.3 Å². The van der Waals surface area contributed by atoms with Crippen molar-refractivity contribution in [2.75, 3.05) is 10.8 Å². The fourth-order valence-corrected chi connectivity index (χ4v) is 6.46. The molecular weight excluding hydrogens is 606 g/mol. The van der Waals surface area contributed by atoms with Gasteiger partial charge in [0.05, 0.1) is 10.6 Å². The minimum absolute atomic E-state index is 0.0654. The molecule has 4 rings (SSSR count). The van der Waals surface area contributed by atoms with Gasteiger partial charge in [-0.05, 0) is 85.8 Å². The van der Waals surface area contributed by atoms with Gasteiger partial charge < -0.3 is 10.2 Å². The summed E-state index contributed by atoms with van der Waals surface area (Å²) < 4.78 is 29.4. The van der Waals surface area contributed by atoms with E-state index in [4.69, 9.17) is 11.6 Å². The Morgan fingerprint density at radius 1 is 0.822 bits per heavy atom. The van der Waals surface area contributed by atoms with Crippen LogP contribution in [-0.2, 0) is 32.6 Å². The van der Waals surface area contributed by atoms with Gasteiger partial charge >= 0.3 is 0 Å². The largest absolute Gasteiger partial charge is 0.352 e. The van der Waals surface area contributed by atoms with Crippen LogP contribution in [0.5, 0.6) is 0 Å². The summed E-state index contributed by atoms with van der Waals surface area (Å²) in [7, 11) is -4.15. The molecule has 0 saturated heterocycles. The zero-order chi connectivity index (χ0) is 32.6. The van der Waals surface area contributed by atoms with Gasteiger partial charge in [0.15, 0.2) is 0 Å². The lowest BCUT2D eigenvalue weighted by atomic mass is 10.0. The first-order chi connectivity index (χ1) is 21.5. The molecule has 0 fully saturated rings. The van der Waals surface area contributed by atoms with Crippen molar-refractivity contribution in [3.63, 3.8) is 0 Å². The molecule has 45 heavy (non-hydrogen) atoms. The van der Waals surface area contributed by atoms with E-state index < -0.39 is 28.5 Å². The van der Waals surface area contributed by atoms with E-state index in [2.05, 4.69) is 5.32 Å². The van der Waals surface area contributed by atoms with Crippen LogP contribution in [0.1, 0.15) is 42.5 Å². The van der Waals surface area contributed by atoms with Crippen LogP contribution in [0.4, 0.5) is 5.69 Å². The van der Waals surface area contributed by atoms with Crippen LogP contribution in [0.15, 0.2) is 108 Å². The van der Waals surface area contributed by atoms with E-state index in [1.807, 2.05) is 64.1 Å². The highest BCUT2D eigenvalue weighted by Gasteiger charge is 2.35. The van der Waals surface area contributed by atoms with Gasteiger partial charge in [-0.15, -0.1) is 0 Å². The van der Waals surface area contributed by atoms with E-state index in [-0.39, 0.29) is 29.8 Å². The molecule has 2 amide bonds. The van der Waals surface area contributed by atoms with Crippen molar-refractivity contribution < 1.29 is 18.0 Å². The third-order valence-electron chi connectivity index (χ3n) is 7.93. The van der Waals surface area contributed by atoms with Gasteiger partial charge in [0.2, 0.25) is 11.8 Å². The van der Waals surface area contributed by atoms with Crippen LogP contribution in [0.2, 0.25) is 5.02 Å². The summed E-state index contributed by atoms with van der Waals surface area (Å²) in [6.07, 6.45) is 0.961. The van der Waals surface area contributed by atoms with Gasteiger partial charge in [0, 0.05) is 24.0 Å². The maximum Gasteiger partial charge on any atom is 0.264 e. The number of halogens is 1. The summed E-state index contributed by atoms with van der Waals surface area (Å²) >= 11 is 6.16. The molecule has 7 nitrogen and oxygen atoms in total. The smallest absolute Gasteiger partial charge is 0.264 e. The van der Waals surface area contributed by atoms with Crippen LogP contribution in [-0.4, -0.2) is 43.8 Å². The second-order valence-corrected chi connectivity index (χ2v) is 13.6. The van der Waals surface area contributed by atoms with Gasteiger partial charge in [-0.2, -0.15) is 0 Å². The molecule has 0 spiro atoms. The molecule has 0 saturated carbocycles. The Morgan fingerprint density at radius 2 is 1.44 bits per heavy atom. The number of nitrogens with one attached hydrogen (secondary N) is 1. The lowest BCUT2D eigenvalue weighted by molar-refractivity contribution is -0.140. The molecule has 0 heterocycles. The molecule has 236 valence electrons. The maximum absolute atomic E-state index is 14.5. The third kappa shape index (κ3) is 8.74. The normalized spacial score (nSPS) is 12.6. The monoisotopic (exact) mass is 645 g/mol. The van der Waals surface area contributed by atoms with E-state index in [1.54, 1.807) is 54.6 Å². The quantitative estimate of drug-likeness (QED) is 0.175. The number of rotatable bonds is 13. The Morgan fingerprint density at radius 3 is 2.04 bits per heavy atom. The zero-order valence-electron chi connectivity index (χ0n) is 26.1. The molecule has 0 aliphatic carbocycles. The third-order valence-corrected chi connectivity index (χ3v) is 9.97. The summed E-state index contributed by atoms with van der Waals surface area (Å²) in [6, 6.07) is 28.9. The van der Waals surface area contributed by atoms with Crippen LogP contribution in [0.3, 0.4) is 0 Å². The highest BCUT2D eigenvalue weighted by atomic mass is 35.5. The standard InChI is InChI=1S/C36H40ClN3O4S/c1-5-28(4)38-36(42)34(23-29-12-8-6-9-13-29)39(24-30-17-19-31(37)20-18-30)35(41)25-40(32-21-16-26(2)27(3)22-32)45(43,44)33-14-10-7-11-15-33/h6-22,28,34H,5,23-25H2,1-4H3,(H,38,42)/t28-,34+/m0/s1. The van der Waals surface area contributed by atoms with Gasteiger partial charge in [-0.25, -0.2) is 8.42 Å². The number of carbonyl (C=O) groups is 2. The van der Waals surface area contributed by atoms with Crippen LogP contribution < -0.4 is 9.62 Å². The van der Waals surface area contributed by atoms with Crippen molar-refractivity contribution >= 4 is 39.1 Å².